The standard InChI is InChI=1S/C20H24N2O10/c1-10(23)22-16-18(30-13(4)26)17(29-12(3)25)15(9-28-11(2)24)31-20(16)32-19(27)14-5-7-21-8-6-14/h5-8,15-18,20H,9H2,1-4H3,(H,22,23). The lowest BCUT2D eigenvalue weighted by Crippen LogP contribution is -2.66. The van der Waals surface area contributed by atoms with Crippen LogP contribution in [0.3, 0.4) is 0 Å². The molecule has 0 aromatic carbocycles. The van der Waals surface area contributed by atoms with Gasteiger partial charge in [-0.05, 0) is 12.1 Å². The zero-order chi connectivity index (χ0) is 23.8. The molecule has 1 saturated heterocycles. The number of nitrogens with zero attached hydrogens (tertiary/aromatic N) is 1. The molecule has 1 aliphatic heterocycles. The van der Waals surface area contributed by atoms with Crippen molar-refractivity contribution in [1.82, 2.24) is 10.3 Å². The number of esters is 4. The zero-order valence-electron chi connectivity index (χ0n) is 17.9. The number of aromatic nitrogens is 1. The maximum atomic E-state index is 12.6. The Hall–Kier alpha value is -3.54. The highest BCUT2D eigenvalue weighted by atomic mass is 16.7. The summed E-state index contributed by atoms with van der Waals surface area (Å²) in [4.78, 5) is 63.0. The highest BCUT2D eigenvalue weighted by Crippen LogP contribution is 2.28. The molecule has 0 bridgehead atoms. The largest absolute Gasteiger partial charge is 0.463 e. The third kappa shape index (κ3) is 7.01. The second kappa shape index (κ2) is 11.2. The molecule has 1 fully saturated rings. The molecule has 1 aromatic heterocycles. The minimum Gasteiger partial charge on any atom is -0.463 e. The quantitative estimate of drug-likeness (QED) is 0.435. The van der Waals surface area contributed by atoms with Crippen molar-refractivity contribution in [2.75, 3.05) is 6.61 Å². The zero-order valence-corrected chi connectivity index (χ0v) is 17.9. The molecule has 0 spiro atoms. The van der Waals surface area contributed by atoms with E-state index in [0.717, 1.165) is 20.8 Å². The summed E-state index contributed by atoms with van der Waals surface area (Å²) in [6.45, 7) is 4.19. The summed E-state index contributed by atoms with van der Waals surface area (Å²) in [5.74, 6) is -3.51. The van der Waals surface area contributed by atoms with Crippen molar-refractivity contribution in [2.45, 2.75) is 58.3 Å². The smallest absolute Gasteiger partial charge is 0.340 e. The summed E-state index contributed by atoms with van der Waals surface area (Å²) in [7, 11) is 0. The van der Waals surface area contributed by atoms with Crippen LogP contribution in [0.25, 0.3) is 0 Å². The van der Waals surface area contributed by atoms with Crippen LogP contribution in [0.1, 0.15) is 38.1 Å². The van der Waals surface area contributed by atoms with Gasteiger partial charge in [0, 0.05) is 40.1 Å². The molecule has 0 aliphatic carbocycles. The van der Waals surface area contributed by atoms with Crippen molar-refractivity contribution in [1.29, 1.82) is 0 Å². The lowest BCUT2D eigenvalue weighted by Gasteiger charge is -2.44. The fourth-order valence-electron chi connectivity index (χ4n) is 3.05. The highest BCUT2D eigenvalue weighted by molar-refractivity contribution is 5.89. The van der Waals surface area contributed by atoms with Gasteiger partial charge in [-0.25, -0.2) is 4.79 Å². The number of carbonyl (C=O) groups excluding carboxylic acids is 5. The molecule has 0 radical (unpaired) electrons. The summed E-state index contributed by atoms with van der Waals surface area (Å²) in [6.07, 6.45) is -2.48. The van der Waals surface area contributed by atoms with E-state index in [2.05, 4.69) is 10.3 Å². The predicted octanol–water partition coefficient (Wildman–Crippen LogP) is -0.105. The fraction of sp³-hybridized carbons (Fsp3) is 0.500. The van der Waals surface area contributed by atoms with E-state index in [9.17, 15) is 24.0 Å². The molecule has 1 amide bonds. The van der Waals surface area contributed by atoms with Crippen LogP contribution < -0.4 is 5.32 Å². The number of rotatable bonds is 7. The molecule has 5 unspecified atom stereocenters. The summed E-state index contributed by atoms with van der Waals surface area (Å²) in [5.41, 5.74) is 0.146. The van der Waals surface area contributed by atoms with Crippen LogP contribution in [0, 0.1) is 0 Å². The third-order valence-electron chi connectivity index (χ3n) is 4.21. The van der Waals surface area contributed by atoms with Gasteiger partial charge in [0.05, 0.1) is 5.56 Å². The molecule has 2 heterocycles. The second-order valence-corrected chi connectivity index (χ2v) is 6.86. The number of nitrogens with one attached hydrogen (secondary N) is 1. The summed E-state index contributed by atoms with van der Waals surface area (Å²) in [5, 5.41) is 2.50. The molecule has 2 rings (SSSR count). The fourth-order valence-corrected chi connectivity index (χ4v) is 3.05. The Morgan fingerprint density at radius 1 is 0.906 bits per heavy atom. The summed E-state index contributed by atoms with van der Waals surface area (Å²) >= 11 is 0. The third-order valence-corrected chi connectivity index (χ3v) is 4.21. The van der Waals surface area contributed by atoms with E-state index < -0.39 is 67.0 Å². The minimum atomic E-state index is -1.48. The first kappa shape index (κ1) is 24.7. The van der Waals surface area contributed by atoms with Crippen LogP contribution in [0.5, 0.6) is 0 Å². The predicted molar refractivity (Wildman–Crippen MR) is 104 cm³/mol. The first-order chi connectivity index (χ1) is 15.1. The molecule has 32 heavy (non-hydrogen) atoms. The number of hydrogen-bond acceptors (Lipinski definition) is 11. The van der Waals surface area contributed by atoms with Gasteiger partial charge in [-0.3, -0.25) is 24.2 Å². The van der Waals surface area contributed by atoms with Crippen LogP contribution in [0.15, 0.2) is 24.5 Å². The molecule has 1 N–H and O–H groups in total. The van der Waals surface area contributed by atoms with Crippen LogP contribution in [0.4, 0.5) is 0 Å². The lowest BCUT2D eigenvalue weighted by atomic mass is 9.96. The van der Waals surface area contributed by atoms with Crippen LogP contribution in [-0.2, 0) is 42.9 Å². The lowest BCUT2D eigenvalue weighted by molar-refractivity contribution is -0.263. The number of hydrogen-bond donors (Lipinski definition) is 1. The van der Waals surface area contributed by atoms with Gasteiger partial charge in [0.1, 0.15) is 18.8 Å². The van der Waals surface area contributed by atoms with Gasteiger partial charge in [0.15, 0.2) is 12.2 Å². The molecular weight excluding hydrogens is 428 g/mol. The first-order valence-electron chi connectivity index (χ1n) is 9.59. The Labute approximate surface area is 183 Å². The number of ether oxygens (including phenoxy) is 5. The SMILES string of the molecule is CC(=O)NC1C(OC(=O)c2ccncc2)OC(COC(C)=O)C(OC(C)=O)C1OC(C)=O. The van der Waals surface area contributed by atoms with Gasteiger partial charge < -0.3 is 29.0 Å². The molecule has 0 saturated carbocycles. The molecule has 1 aliphatic rings. The molecule has 12 nitrogen and oxygen atoms in total. The monoisotopic (exact) mass is 452 g/mol. The Kier molecular flexibility index (Phi) is 8.64. The minimum absolute atomic E-state index is 0.146. The summed E-state index contributed by atoms with van der Waals surface area (Å²) < 4.78 is 26.7. The Morgan fingerprint density at radius 3 is 2.03 bits per heavy atom. The summed E-state index contributed by atoms with van der Waals surface area (Å²) in [6, 6.07) is 1.57. The normalized spacial score (nSPS) is 24.6. The maximum Gasteiger partial charge on any atom is 0.340 e. The molecule has 12 heteroatoms. The van der Waals surface area contributed by atoms with Gasteiger partial charge in [0.25, 0.3) is 0 Å². The van der Waals surface area contributed by atoms with Gasteiger partial charge >= 0.3 is 23.9 Å². The molecular formula is C20H24N2O10. The van der Waals surface area contributed by atoms with Crippen molar-refractivity contribution in [3.8, 4) is 0 Å². The van der Waals surface area contributed by atoms with E-state index in [1.54, 1.807) is 0 Å². The van der Waals surface area contributed by atoms with Gasteiger partial charge in [-0.2, -0.15) is 0 Å². The number of amides is 1. The van der Waals surface area contributed by atoms with Crippen molar-refractivity contribution in [3.05, 3.63) is 30.1 Å². The van der Waals surface area contributed by atoms with Gasteiger partial charge in [-0.15, -0.1) is 0 Å². The van der Waals surface area contributed by atoms with Crippen LogP contribution in [-0.4, -0.2) is 72.0 Å². The number of carbonyl (C=O) groups is 5. The second-order valence-electron chi connectivity index (χ2n) is 6.86. The van der Waals surface area contributed by atoms with E-state index in [1.807, 2.05) is 0 Å². The van der Waals surface area contributed by atoms with Crippen molar-refractivity contribution in [2.24, 2.45) is 0 Å². The van der Waals surface area contributed by atoms with Crippen LogP contribution in [0.2, 0.25) is 0 Å². The molecule has 1 aromatic rings. The van der Waals surface area contributed by atoms with Crippen LogP contribution >= 0.6 is 0 Å². The highest BCUT2D eigenvalue weighted by Gasteiger charge is 2.52. The number of pyridine rings is 1. The van der Waals surface area contributed by atoms with Crippen molar-refractivity contribution >= 4 is 29.8 Å². The van der Waals surface area contributed by atoms with Crippen molar-refractivity contribution < 1.29 is 47.7 Å². The van der Waals surface area contributed by atoms with E-state index in [0.29, 0.717) is 0 Å². The van der Waals surface area contributed by atoms with Crippen molar-refractivity contribution in [3.63, 3.8) is 0 Å². The topological polar surface area (TPSA) is 156 Å². The van der Waals surface area contributed by atoms with E-state index in [1.165, 1.54) is 31.5 Å². The maximum absolute atomic E-state index is 12.6. The Balaban J connectivity index is 2.42. The van der Waals surface area contributed by atoms with E-state index >= 15 is 0 Å². The molecule has 5 atom stereocenters. The van der Waals surface area contributed by atoms with E-state index in [4.69, 9.17) is 23.7 Å². The average Bonchev–Trinajstić information content (AvgIpc) is 2.70. The van der Waals surface area contributed by atoms with Gasteiger partial charge in [-0.1, -0.05) is 0 Å². The Morgan fingerprint density at radius 2 is 1.50 bits per heavy atom. The average molecular weight is 452 g/mol. The Bertz CT molecular complexity index is 859. The van der Waals surface area contributed by atoms with E-state index in [-0.39, 0.29) is 5.56 Å². The molecule has 174 valence electrons. The van der Waals surface area contributed by atoms with Gasteiger partial charge in [0.2, 0.25) is 12.2 Å². The first-order valence-corrected chi connectivity index (χ1v) is 9.59.